The highest BCUT2D eigenvalue weighted by molar-refractivity contribution is 9.10. The van der Waals surface area contributed by atoms with Crippen molar-refractivity contribution in [2.45, 2.75) is 25.9 Å². The van der Waals surface area contributed by atoms with Gasteiger partial charge in [0, 0.05) is 11.0 Å². The lowest BCUT2D eigenvalue weighted by Crippen LogP contribution is -2.28. The summed E-state index contributed by atoms with van der Waals surface area (Å²) < 4.78 is 1.00. The van der Waals surface area contributed by atoms with E-state index in [9.17, 15) is 4.79 Å². The summed E-state index contributed by atoms with van der Waals surface area (Å²) in [4.78, 5) is 12.2. The molecule has 0 aliphatic heterocycles. The van der Waals surface area contributed by atoms with Gasteiger partial charge in [0.1, 0.15) is 0 Å². The van der Waals surface area contributed by atoms with Crippen LogP contribution in [0, 0.1) is 0 Å². The standard InChI is InChI=1S/C17H19BrN2O/c1-12(15-8-4-5-9-16(15)18)20-17(21)10-13-6-2-3-7-14(13)11-19/h2-9,12H,10-11,19H2,1H3,(H,20,21)/t12-/m1/s1. The second-order valence-electron chi connectivity index (χ2n) is 4.96. The summed E-state index contributed by atoms with van der Waals surface area (Å²) in [6.07, 6.45) is 0.349. The Hall–Kier alpha value is -1.65. The lowest BCUT2D eigenvalue weighted by atomic mass is 10.0. The summed E-state index contributed by atoms with van der Waals surface area (Å²) in [5.41, 5.74) is 8.77. The smallest absolute Gasteiger partial charge is 0.224 e. The Morgan fingerprint density at radius 1 is 1.14 bits per heavy atom. The van der Waals surface area contributed by atoms with E-state index >= 15 is 0 Å². The zero-order valence-electron chi connectivity index (χ0n) is 12.0. The maximum absolute atomic E-state index is 12.2. The lowest BCUT2D eigenvalue weighted by molar-refractivity contribution is -0.121. The molecule has 0 saturated carbocycles. The second-order valence-corrected chi connectivity index (χ2v) is 5.81. The summed E-state index contributed by atoms with van der Waals surface area (Å²) in [7, 11) is 0. The number of hydrogen-bond donors (Lipinski definition) is 2. The predicted octanol–water partition coefficient (Wildman–Crippen LogP) is 3.33. The average molecular weight is 347 g/mol. The van der Waals surface area contributed by atoms with E-state index in [-0.39, 0.29) is 11.9 Å². The molecule has 0 heterocycles. The van der Waals surface area contributed by atoms with E-state index in [1.807, 2.05) is 55.5 Å². The van der Waals surface area contributed by atoms with Crippen LogP contribution in [0.3, 0.4) is 0 Å². The maximum Gasteiger partial charge on any atom is 0.224 e. The van der Waals surface area contributed by atoms with Crippen LogP contribution in [0.5, 0.6) is 0 Å². The molecule has 21 heavy (non-hydrogen) atoms. The number of hydrogen-bond acceptors (Lipinski definition) is 2. The molecule has 110 valence electrons. The number of halogens is 1. The quantitative estimate of drug-likeness (QED) is 0.872. The topological polar surface area (TPSA) is 55.1 Å². The van der Waals surface area contributed by atoms with Crippen molar-refractivity contribution in [1.29, 1.82) is 0 Å². The van der Waals surface area contributed by atoms with Gasteiger partial charge >= 0.3 is 0 Å². The van der Waals surface area contributed by atoms with Crippen LogP contribution in [0.4, 0.5) is 0 Å². The molecule has 0 spiro atoms. The fraction of sp³-hybridized carbons (Fsp3) is 0.235. The van der Waals surface area contributed by atoms with E-state index in [1.54, 1.807) is 0 Å². The van der Waals surface area contributed by atoms with E-state index < -0.39 is 0 Å². The Morgan fingerprint density at radius 3 is 2.43 bits per heavy atom. The first kappa shape index (κ1) is 15.7. The molecule has 0 bridgehead atoms. The van der Waals surface area contributed by atoms with Gasteiger partial charge in [-0.15, -0.1) is 0 Å². The summed E-state index contributed by atoms with van der Waals surface area (Å²) in [6.45, 7) is 2.43. The second kappa shape index (κ2) is 7.38. The lowest BCUT2D eigenvalue weighted by Gasteiger charge is -2.16. The molecular weight excluding hydrogens is 328 g/mol. The van der Waals surface area contributed by atoms with Gasteiger partial charge in [0.05, 0.1) is 12.5 Å². The molecule has 0 aromatic heterocycles. The number of rotatable bonds is 5. The first-order chi connectivity index (χ1) is 10.1. The molecule has 3 nitrogen and oxygen atoms in total. The Morgan fingerprint density at radius 2 is 1.76 bits per heavy atom. The Bertz CT molecular complexity index is 628. The van der Waals surface area contributed by atoms with Crippen LogP contribution in [0.25, 0.3) is 0 Å². The van der Waals surface area contributed by atoms with Gasteiger partial charge in [-0.3, -0.25) is 4.79 Å². The van der Waals surface area contributed by atoms with Crippen molar-refractivity contribution in [3.63, 3.8) is 0 Å². The van der Waals surface area contributed by atoms with Crippen molar-refractivity contribution in [1.82, 2.24) is 5.32 Å². The predicted molar refractivity (Wildman–Crippen MR) is 88.7 cm³/mol. The van der Waals surface area contributed by atoms with Crippen molar-refractivity contribution < 1.29 is 4.79 Å². The monoisotopic (exact) mass is 346 g/mol. The number of carbonyl (C=O) groups is 1. The Kier molecular flexibility index (Phi) is 5.53. The normalized spacial score (nSPS) is 12.0. The molecule has 0 radical (unpaired) electrons. The summed E-state index contributed by atoms with van der Waals surface area (Å²) in [6, 6.07) is 15.6. The molecule has 0 saturated heterocycles. The van der Waals surface area contributed by atoms with Gasteiger partial charge in [0.2, 0.25) is 5.91 Å². The molecule has 4 heteroatoms. The SMILES string of the molecule is C[C@@H](NC(=O)Cc1ccccc1CN)c1ccccc1Br. The van der Waals surface area contributed by atoms with Crippen LogP contribution in [-0.2, 0) is 17.8 Å². The maximum atomic E-state index is 12.2. The van der Waals surface area contributed by atoms with Crippen LogP contribution in [0.2, 0.25) is 0 Å². The van der Waals surface area contributed by atoms with Gasteiger partial charge in [-0.2, -0.15) is 0 Å². The van der Waals surface area contributed by atoms with Gasteiger partial charge < -0.3 is 11.1 Å². The third kappa shape index (κ3) is 4.16. The van der Waals surface area contributed by atoms with Gasteiger partial charge in [0.15, 0.2) is 0 Å². The van der Waals surface area contributed by atoms with Gasteiger partial charge in [-0.05, 0) is 29.7 Å². The Labute approximate surface area is 133 Å². The van der Waals surface area contributed by atoms with Gasteiger partial charge in [0.25, 0.3) is 0 Å². The first-order valence-corrected chi connectivity index (χ1v) is 7.71. The van der Waals surface area contributed by atoms with Crippen LogP contribution in [-0.4, -0.2) is 5.91 Å². The summed E-state index contributed by atoms with van der Waals surface area (Å²) in [5, 5.41) is 3.03. The number of amides is 1. The van der Waals surface area contributed by atoms with Crippen molar-refractivity contribution in [3.05, 3.63) is 69.7 Å². The average Bonchev–Trinajstić information content (AvgIpc) is 2.48. The fourth-order valence-electron chi connectivity index (χ4n) is 2.30. The van der Waals surface area contributed by atoms with Crippen LogP contribution in [0.15, 0.2) is 53.0 Å². The van der Waals surface area contributed by atoms with E-state index in [1.165, 1.54) is 0 Å². The largest absolute Gasteiger partial charge is 0.349 e. The fourth-order valence-corrected chi connectivity index (χ4v) is 2.93. The minimum absolute atomic E-state index is 0.000784. The zero-order valence-corrected chi connectivity index (χ0v) is 13.6. The molecule has 0 fully saturated rings. The van der Waals surface area contributed by atoms with Crippen molar-refractivity contribution >= 4 is 21.8 Å². The third-order valence-corrected chi connectivity index (χ3v) is 4.16. The highest BCUT2D eigenvalue weighted by Crippen LogP contribution is 2.22. The number of nitrogens with two attached hydrogens (primary N) is 1. The number of nitrogens with one attached hydrogen (secondary N) is 1. The molecule has 2 rings (SSSR count). The Balaban J connectivity index is 2.03. The van der Waals surface area contributed by atoms with Crippen LogP contribution < -0.4 is 11.1 Å². The van der Waals surface area contributed by atoms with Crippen LogP contribution in [0.1, 0.15) is 29.7 Å². The summed E-state index contributed by atoms with van der Waals surface area (Å²) >= 11 is 3.51. The molecule has 0 aliphatic rings. The van der Waals surface area contributed by atoms with Crippen molar-refractivity contribution in [2.24, 2.45) is 5.73 Å². The molecule has 3 N–H and O–H groups in total. The molecule has 0 unspecified atom stereocenters. The van der Waals surface area contributed by atoms with E-state index in [2.05, 4.69) is 21.2 Å². The van der Waals surface area contributed by atoms with Crippen molar-refractivity contribution in [3.8, 4) is 0 Å². The molecule has 2 aromatic rings. The number of carbonyl (C=O) groups excluding carboxylic acids is 1. The van der Waals surface area contributed by atoms with Gasteiger partial charge in [-0.25, -0.2) is 0 Å². The summed E-state index contributed by atoms with van der Waals surface area (Å²) in [5.74, 6) is -0.000784. The molecular formula is C17H19BrN2O. The highest BCUT2D eigenvalue weighted by Gasteiger charge is 2.13. The zero-order chi connectivity index (χ0) is 15.2. The first-order valence-electron chi connectivity index (χ1n) is 6.92. The molecule has 1 atom stereocenters. The minimum Gasteiger partial charge on any atom is -0.349 e. The van der Waals surface area contributed by atoms with Crippen molar-refractivity contribution in [2.75, 3.05) is 0 Å². The molecule has 1 amide bonds. The van der Waals surface area contributed by atoms with Gasteiger partial charge in [-0.1, -0.05) is 58.4 Å². The minimum atomic E-state index is -0.0434. The number of benzene rings is 2. The molecule has 0 aliphatic carbocycles. The van der Waals surface area contributed by atoms with E-state index in [0.29, 0.717) is 13.0 Å². The molecule has 2 aromatic carbocycles. The third-order valence-electron chi connectivity index (χ3n) is 3.44. The van der Waals surface area contributed by atoms with E-state index in [0.717, 1.165) is 21.2 Å². The van der Waals surface area contributed by atoms with Crippen LogP contribution >= 0.6 is 15.9 Å². The highest BCUT2D eigenvalue weighted by atomic mass is 79.9. The van der Waals surface area contributed by atoms with E-state index in [4.69, 9.17) is 5.73 Å².